The van der Waals surface area contributed by atoms with Crippen LogP contribution in [0.2, 0.25) is 0 Å². The van der Waals surface area contributed by atoms with Crippen LogP contribution in [0, 0.1) is 0 Å². The molecule has 1 heterocycles. The van der Waals surface area contributed by atoms with E-state index in [-0.39, 0.29) is 17.6 Å². The van der Waals surface area contributed by atoms with Crippen molar-refractivity contribution < 1.29 is 4.79 Å². The maximum Gasteiger partial charge on any atom is 0.164 e. The first kappa shape index (κ1) is 15.7. The number of Topliss-reactive ketones (excluding diaryl/α,β-unsaturated/α-hetero) is 1. The molecule has 0 aliphatic heterocycles. The van der Waals surface area contributed by atoms with Crippen LogP contribution in [-0.2, 0) is 6.42 Å². The molecule has 0 radical (unpaired) electrons. The molecule has 0 spiro atoms. The highest BCUT2D eigenvalue weighted by molar-refractivity contribution is 5.99. The lowest BCUT2D eigenvalue weighted by Gasteiger charge is -2.21. The summed E-state index contributed by atoms with van der Waals surface area (Å²) < 4.78 is 0. The summed E-state index contributed by atoms with van der Waals surface area (Å²) in [5.41, 5.74) is 10.5. The van der Waals surface area contributed by atoms with E-state index in [1.165, 1.54) is 0 Å². The van der Waals surface area contributed by atoms with Crippen LogP contribution >= 0.6 is 0 Å². The molecule has 0 bridgehead atoms. The molecule has 0 saturated heterocycles. The molecule has 19 heavy (non-hydrogen) atoms. The fourth-order valence-electron chi connectivity index (χ4n) is 2.40. The molecule has 1 rings (SSSR count). The minimum atomic E-state index is 0.148. The topological polar surface area (TPSA) is 56.0 Å². The smallest absolute Gasteiger partial charge is 0.164 e. The van der Waals surface area contributed by atoms with Crippen molar-refractivity contribution in [3.05, 3.63) is 22.5 Å². The average Bonchev–Trinajstić information content (AvgIpc) is 2.36. The lowest BCUT2D eigenvalue weighted by molar-refractivity contribution is 0.0985. The van der Waals surface area contributed by atoms with Gasteiger partial charge in [-0.1, -0.05) is 41.5 Å². The van der Waals surface area contributed by atoms with Gasteiger partial charge in [0, 0.05) is 12.0 Å². The number of carbonyl (C=O) groups is 1. The largest absolute Gasteiger partial charge is 0.397 e. The number of nitrogen functional groups attached to an aromatic ring is 1. The maximum atomic E-state index is 12.3. The summed E-state index contributed by atoms with van der Waals surface area (Å²) in [4.78, 5) is 17.0. The Morgan fingerprint density at radius 2 is 1.63 bits per heavy atom. The van der Waals surface area contributed by atoms with Gasteiger partial charge in [0.2, 0.25) is 0 Å². The van der Waals surface area contributed by atoms with E-state index in [4.69, 9.17) is 10.7 Å². The molecule has 0 unspecified atom stereocenters. The first-order chi connectivity index (χ1) is 8.84. The number of carbonyl (C=O) groups excluding carboxylic acids is 1. The van der Waals surface area contributed by atoms with E-state index in [1.54, 1.807) is 0 Å². The molecule has 0 saturated carbocycles. The van der Waals surface area contributed by atoms with Crippen molar-refractivity contribution >= 4 is 11.5 Å². The average molecular weight is 262 g/mol. The molecule has 0 amide bonds. The fourth-order valence-corrected chi connectivity index (χ4v) is 2.40. The third kappa shape index (κ3) is 2.96. The van der Waals surface area contributed by atoms with Gasteiger partial charge in [-0.25, -0.2) is 0 Å². The van der Waals surface area contributed by atoms with Crippen LogP contribution in [0.4, 0.5) is 5.69 Å². The quantitative estimate of drug-likeness (QED) is 0.814. The van der Waals surface area contributed by atoms with E-state index in [0.29, 0.717) is 12.1 Å². The van der Waals surface area contributed by atoms with Crippen LogP contribution in [0.5, 0.6) is 0 Å². The zero-order chi connectivity index (χ0) is 14.7. The van der Waals surface area contributed by atoms with E-state index in [2.05, 4.69) is 27.7 Å². The van der Waals surface area contributed by atoms with Crippen molar-refractivity contribution in [2.45, 2.75) is 66.2 Å². The Bertz CT molecular complexity index is 476. The predicted octanol–water partition coefficient (Wildman–Crippen LogP) is 4.07. The summed E-state index contributed by atoms with van der Waals surface area (Å²) in [5.74, 6) is 0.650. The number of pyridine rings is 1. The van der Waals surface area contributed by atoms with Crippen molar-refractivity contribution in [1.82, 2.24) is 4.98 Å². The van der Waals surface area contributed by atoms with Crippen molar-refractivity contribution in [2.75, 3.05) is 5.73 Å². The van der Waals surface area contributed by atoms with Gasteiger partial charge in [0.05, 0.1) is 17.1 Å². The predicted molar refractivity (Wildman–Crippen MR) is 80.8 cm³/mol. The van der Waals surface area contributed by atoms with Crippen LogP contribution in [0.15, 0.2) is 0 Å². The second kappa shape index (κ2) is 6.18. The first-order valence-electron chi connectivity index (χ1n) is 7.20. The number of hydrogen-bond donors (Lipinski definition) is 1. The number of rotatable bonds is 5. The highest BCUT2D eigenvalue weighted by atomic mass is 16.1. The Balaban J connectivity index is 3.68. The maximum absolute atomic E-state index is 12.3. The first-order valence-corrected chi connectivity index (χ1v) is 7.20. The van der Waals surface area contributed by atoms with Gasteiger partial charge in [0.15, 0.2) is 5.78 Å². The zero-order valence-corrected chi connectivity index (χ0v) is 13.0. The van der Waals surface area contributed by atoms with E-state index in [9.17, 15) is 4.79 Å². The molecule has 0 aromatic carbocycles. The molecule has 3 heteroatoms. The molecule has 0 aliphatic rings. The van der Waals surface area contributed by atoms with Gasteiger partial charge >= 0.3 is 0 Å². The van der Waals surface area contributed by atoms with Crippen LogP contribution in [0.1, 0.15) is 87.1 Å². The second-order valence-corrected chi connectivity index (χ2v) is 5.59. The van der Waals surface area contributed by atoms with Gasteiger partial charge in [-0.2, -0.15) is 0 Å². The van der Waals surface area contributed by atoms with Crippen molar-refractivity contribution in [3.8, 4) is 0 Å². The Morgan fingerprint density at radius 3 is 2.00 bits per heavy atom. The van der Waals surface area contributed by atoms with Crippen LogP contribution in [0.3, 0.4) is 0 Å². The fraction of sp³-hybridized carbons (Fsp3) is 0.625. The lowest BCUT2D eigenvalue weighted by atomic mass is 9.90. The van der Waals surface area contributed by atoms with Crippen molar-refractivity contribution in [1.29, 1.82) is 0 Å². The standard InChI is InChI=1S/C16H26N2O/c1-7-11-13(12(19)8-2)15(9(3)4)18-16(10(5)6)14(11)17/h9-10H,7-8,17H2,1-6H3. The highest BCUT2D eigenvalue weighted by Gasteiger charge is 2.23. The van der Waals surface area contributed by atoms with E-state index in [0.717, 1.165) is 28.9 Å². The number of hydrogen-bond acceptors (Lipinski definition) is 3. The molecule has 0 atom stereocenters. The number of aromatic nitrogens is 1. The molecule has 106 valence electrons. The van der Waals surface area contributed by atoms with E-state index < -0.39 is 0 Å². The van der Waals surface area contributed by atoms with Gasteiger partial charge in [0.1, 0.15) is 0 Å². The van der Waals surface area contributed by atoms with E-state index in [1.807, 2.05) is 13.8 Å². The number of ketones is 1. The van der Waals surface area contributed by atoms with Crippen LogP contribution < -0.4 is 5.73 Å². The summed E-state index contributed by atoms with van der Waals surface area (Å²) in [5, 5.41) is 0. The molecule has 1 aromatic heterocycles. The van der Waals surface area contributed by atoms with Gasteiger partial charge in [0.25, 0.3) is 0 Å². The summed E-state index contributed by atoms with van der Waals surface area (Å²) in [7, 11) is 0. The minimum absolute atomic E-state index is 0.148. The normalized spacial score (nSPS) is 11.4. The van der Waals surface area contributed by atoms with Crippen LogP contribution in [0.25, 0.3) is 0 Å². The monoisotopic (exact) mass is 262 g/mol. The molecule has 3 nitrogen and oxygen atoms in total. The third-order valence-electron chi connectivity index (χ3n) is 3.45. The summed E-state index contributed by atoms with van der Waals surface area (Å²) >= 11 is 0. The van der Waals surface area contributed by atoms with Gasteiger partial charge < -0.3 is 5.73 Å². The molecular weight excluding hydrogens is 236 g/mol. The van der Waals surface area contributed by atoms with Crippen molar-refractivity contribution in [3.63, 3.8) is 0 Å². The Labute approximate surface area is 116 Å². The summed E-state index contributed by atoms with van der Waals surface area (Å²) in [6.07, 6.45) is 1.27. The minimum Gasteiger partial charge on any atom is -0.397 e. The van der Waals surface area contributed by atoms with Crippen molar-refractivity contribution in [2.24, 2.45) is 0 Å². The summed E-state index contributed by atoms with van der Waals surface area (Å²) in [6.45, 7) is 12.3. The number of nitrogens with two attached hydrogens (primary N) is 1. The zero-order valence-electron chi connectivity index (χ0n) is 13.0. The molecule has 1 aromatic rings. The SMILES string of the molecule is CCC(=O)c1c(C(C)C)nc(C(C)C)c(N)c1CC. The number of nitrogens with zero attached hydrogens (tertiary/aromatic N) is 1. The summed E-state index contributed by atoms with van der Waals surface area (Å²) in [6, 6.07) is 0. The van der Waals surface area contributed by atoms with Crippen LogP contribution in [-0.4, -0.2) is 10.8 Å². The second-order valence-electron chi connectivity index (χ2n) is 5.59. The Hall–Kier alpha value is -1.38. The van der Waals surface area contributed by atoms with E-state index >= 15 is 0 Å². The highest BCUT2D eigenvalue weighted by Crippen LogP contribution is 2.32. The van der Waals surface area contributed by atoms with Gasteiger partial charge in [-0.15, -0.1) is 0 Å². The van der Waals surface area contributed by atoms with Gasteiger partial charge in [-0.05, 0) is 23.8 Å². The Morgan fingerprint density at radius 1 is 1.11 bits per heavy atom. The van der Waals surface area contributed by atoms with Gasteiger partial charge in [-0.3, -0.25) is 9.78 Å². The molecule has 0 aliphatic carbocycles. The third-order valence-corrected chi connectivity index (χ3v) is 3.45. The lowest BCUT2D eigenvalue weighted by Crippen LogP contribution is -2.16. The Kier molecular flexibility index (Phi) is 5.10. The molecule has 2 N–H and O–H groups in total. The number of anilines is 1. The molecular formula is C16H26N2O. The molecule has 0 fully saturated rings.